The van der Waals surface area contributed by atoms with E-state index in [9.17, 15) is 4.79 Å². The lowest BCUT2D eigenvalue weighted by Gasteiger charge is -2.18. The van der Waals surface area contributed by atoms with E-state index in [1.165, 1.54) is 0 Å². The number of hydrogen-bond acceptors (Lipinski definition) is 3. The lowest BCUT2D eigenvalue weighted by molar-refractivity contribution is -0.124. The number of hydrogen-bond donors (Lipinski definition) is 2. The standard InChI is InChI=1S/C8H17N3O/c1-6(10-11(2)3)8(12)9-7-4-5-7/h6-7,10H,4-5H2,1-3H3,(H,9,12). The summed E-state index contributed by atoms with van der Waals surface area (Å²) in [6.07, 6.45) is 2.28. The molecule has 1 aliphatic rings. The molecule has 1 rings (SSSR count). The van der Waals surface area contributed by atoms with E-state index in [2.05, 4.69) is 10.7 Å². The Morgan fingerprint density at radius 1 is 1.50 bits per heavy atom. The van der Waals surface area contributed by atoms with Gasteiger partial charge in [0.2, 0.25) is 5.91 Å². The topological polar surface area (TPSA) is 44.4 Å². The number of rotatable bonds is 4. The van der Waals surface area contributed by atoms with Crippen molar-refractivity contribution in [2.24, 2.45) is 0 Å². The fourth-order valence-corrected chi connectivity index (χ4v) is 1.000. The highest BCUT2D eigenvalue weighted by molar-refractivity contribution is 5.81. The molecule has 1 saturated carbocycles. The highest BCUT2D eigenvalue weighted by Crippen LogP contribution is 2.18. The van der Waals surface area contributed by atoms with Crippen LogP contribution in [0.5, 0.6) is 0 Å². The third-order valence-corrected chi connectivity index (χ3v) is 1.77. The van der Waals surface area contributed by atoms with Crippen LogP contribution in [0.15, 0.2) is 0 Å². The first-order valence-corrected chi connectivity index (χ1v) is 4.33. The third-order valence-electron chi connectivity index (χ3n) is 1.77. The maximum absolute atomic E-state index is 11.3. The van der Waals surface area contributed by atoms with Gasteiger partial charge < -0.3 is 5.32 Å². The molecule has 1 amide bonds. The first-order valence-electron chi connectivity index (χ1n) is 4.33. The second-order valence-corrected chi connectivity index (χ2v) is 3.53. The van der Waals surface area contributed by atoms with Crippen molar-refractivity contribution in [2.45, 2.75) is 31.8 Å². The minimum Gasteiger partial charge on any atom is -0.352 e. The van der Waals surface area contributed by atoms with E-state index in [-0.39, 0.29) is 11.9 Å². The SMILES string of the molecule is CC(NN(C)C)C(=O)NC1CC1. The molecular formula is C8H17N3O. The van der Waals surface area contributed by atoms with Gasteiger partial charge in [0.1, 0.15) is 0 Å². The molecule has 1 unspecified atom stereocenters. The molecular weight excluding hydrogens is 154 g/mol. The molecule has 2 N–H and O–H groups in total. The lowest BCUT2D eigenvalue weighted by Crippen LogP contribution is -2.48. The molecule has 0 aromatic heterocycles. The zero-order chi connectivity index (χ0) is 9.14. The van der Waals surface area contributed by atoms with Gasteiger partial charge in [-0.05, 0) is 19.8 Å². The van der Waals surface area contributed by atoms with Crippen LogP contribution in [0.1, 0.15) is 19.8 Å². The Hall–Kier alpha value is -0.610. The monoisotopic (exact) mass is 171 g/mol. The van der Waals surface area contributed by atoms with E-state index in [0.29, 0.717) is 6.04 Å². The van der Waals surface area contributed by atoms with Gasteiger partial charge in [0.15, 0.2) is 0 Å². The van der Waals surface area contributed by atoms with Gasteiger partial charge in [-0.1, -0.05) is 0 Å². The van der Waals surface area contributed by atoms with Gasteiger partial charge in [0.05, 0.1) is 6.04 Å². The number of amides is 1. The number of hydrazine groups is 1. The minimum absolute atomic E-state index is 0.0891. The summed E-state index contributed by atoms with van der Waals surface area (Å²) in [5.74, 6) is 0.0891. The second kappa shape index (κ2) is 3.87. The molecule has 4 heteroatoms. The van der Waals surface area contributed by atoms with Crippen LogP contribution in [-0.2, 0) is 4.79 Å². The van der Waals surface area contributed by atoms with Gasteiger partial charge in [-0.15, -0.1) is 0 Å². The summed E-state index contributed by atoms with van der Waals surface area (Å²) >= 11 is 0. The van der Waals surface area contributed by atoms with Crippen molar-refractivity contribution in [3.8, 4) is 0 Å². The maximum Gasteiger partial charge on any atom is 0.238 e. The smallest absolute Gasteiger partial charge is 0.238 e. The van der Waals surface area contributed by atoms with E-state index < -0.39 is 0 Å². The van der Waals surface area contributed by atoms with Crippen molar-refractivity contribution in [3.63, 3.8) is 0 Å². The normalized spacial score (nSPS) is 19.3. The number of nitrogens with zero attached hydrogens (tertiary/aromatic N) is 1. The average molecular weight is 171 g/mol. The molecule has 1 fully saturated rings. The van der Waals surface area contributed by atoms with Crippen LogP contribution in [0.25, 0.3) is 0 Å². The Morgan fingerprint density at radius 2 is 2.08 bits per heavy atom. The van der Waals surface area contributed by atoms with Gasteiger partial charge >= 0.3 is 0 Å². The predicted molar refractivity (Wildman–Crippen MR) is 47.4 cm³/mol. The summed E-state index contributed by atoms with van der Waals surface area (Å²) in [6, 6.07) is 0.310. The summed E-state index contributed by atoms with van der Waals surface area (Å²) in [6.45, 7) is 1.86. The van der Waals surface area contributed by atoms with Crippen LogP contribution in [0.4, 0.5) is 0 Å². The Morgan fingerprint density at radius 3 is 2.50 bits per heavy atom. The van der Waals surface area contributed by atoms with Gasteiger partial charge in [-0.25, -0.2) is 10.4 Å². The second-order valence-electron chi connectivity index (χ2n) is 3.53. The van der Waals surface area contributed by atoms with Crippen molar-refractivity contribution in [1.82, 2.24) is 15.8 Å². The van der Waals surface area contributed by atoms with Crippen molar-refractivity contribution >= 4 is 5.91 Å². The number of carbonyl (C=O) groups is 1. The lowest BCUT2D eigenvalue weighted by atomic mass is 10.3. The van der Waals surface area contributed by atoms with Crippen LogP contribution in [0, 0.1) is 0 Å². The van der Waals surface area contributed by atoms with Gasteiger partial charge in [-0.2, -0.15) is 0 Å². The summed E-state index contributed by atoms with van der Waals surface area (Å²) in [7, 11) is 3.75. The van der Waals surface area contributed by atoms with Crippen LogP contribution in [0.2, 0.25) is 0 Å². The Kier molecular flexibility index (Phi) is 3.05. The predicted octanol–water partition coefficient (Wildman–Crippen LogP) is -0.280. The highest BCUT2D eigenvalue weighted by Gasteiger charge is 2.25. The molecule has 0 saturated heterocycles. The highest BCUT2D eigenvalue weighted by atomic mass is 16.2. The van der Waals surface area contributed by atoms with Gasteiger partial charge in [0, 0.05) is 20.1 Å². The van der Waals surface area contributed by atoms with Crippen molar-refractivity contribution in [3.05, 3.63) is 0 Å². The first-order chi connectivity index (χ1) is 5.59. The molecule has 0 aliphatic heterocycles. The Bertz CT molecular complexity index is 166. The number of carbonyl (C=O) groups excluding carboxylic acids is 1. The van der Waals surface area contributed by atoms with Gasteiger partial charge in [-0.3, -0.25) is 4.79 Å². The molecule has 1 atom stereocenters. The van der Waals surface area contributed by atoms with Crippen molar-refractivity contribution < 1.29 is 4.79 Å². The zero-order valence-electron chi connectivity index (χ0n) is 7.92. The average Bonchev–Trinajstić information content (AvgIpc) is 2.70. The molecule has 0 bridgehead atoms. The summed E-state index contributed by atoms with van der Waals surface area (Å²) in [5, 5.41) is 4.72. The Balaban J connectivity index is 2.19. The van der Waals surface area contributed by atoms with E-state index in [1.54, 1.807) is 5.01 Å². The molecule has 0 heterocycles. The number of nitrogens with one attached hydrogen (secondary N) is 2. The third kappa shape index (κ3) is 3.19. The van der Waals surface area contributed by atoms with E-state index in [4.69, 9.17) is 0 Å². The minimum atomic E-state index is -0.138. The summed E-state index contributed by atoms with van der Waals surface area (Å²) < 4.78 is 0. The fourth-order valence-electron chi connectivity index (χ4n) is 1.000. The van der Waals surface area contributed by atoms with Gasteiger partial charge in [0.25, 0.3) is 0 Å². The molecule has 0 aromatic rings. The van der Waals surface area contributed by atoms with Crippen LogP contribution < -0.4 is 10.7 Å². The summed E-state index contributed by atoms with van der Waals surface area (Å²) in [5.41, 5.74) is 3.00. The Labute approximate surface area is 73.3 Å². The largest absolute Gasteiger partial charge is 0.352 e. The van der Waals surface area contributed by atoms with Crippen LogP contribution in [0.3, 0.4) is 0 Å². The molecule has 0 aromatic carbocycles. The zero-order valence-corrected chi connectivity index (χ0v) is 7.92. The fraction of sp³-hybridized carbons (Fsp3) is 0.875. The molecule has 12 heavy (non-hydrogen) atoms. The molecule has 0 spiro atoms. The van der Waals surface area contributed by atoms with E-state index in [0.717, 1.165) is 12.8 Å². The maximum atomic E-state index is 11.3. The van der Waals surface area contributed by atoms with E-state index >= 15 is 0 Å². The van der Waals surface area contributed by atoms with Crippen LogP contribution >= 0.6 is 0 Å². The van der Waals surface area contributed by atoms with E-state index in [1.807, 2.05) is 21.0 Å². The molecule has 1 aliphatic carbocycles. The first kappa shape index (κ1) is 9.48. The molecule has 70 valence electrons. The summed E-state index contributed by atoms with van der Waals surface area (Å²) in [4.78, 5) is 11.3. The van der Waals surface area contributed by atoms with Crippen LogP contribution in [-0.4, -0.2) is 37.1 Å². The quantitative estimate of drug-likeness (QED) is 0.572. The molecule has 0 radical (unpaired) electrons. The van der Waals surface area contributed by atoms with Crippen molar-refractivity contribution in [2.75, 3.05) is 14.1 Å². The molecule has 4 nitrogen and oxygen atoms in total. The van der Waals surface area contributed by atoms with Crippen molar-refractivity contribution in [1.29, 1.82) is 0 Å².